The van der Waals surface area contributed by atoms with Gasteiger partial charge in [-0.15, -0.1) is 0 Å². The first-order chi connectivity index (χ1) is 16.1. The van der Waals surface area contributed by atoms with E-state index in [2.05, 4.69) is 23.8 Å². The summed E-state index contributed by atoms with van der Waals surface area (Å²) in [6.45, 7) is 6.65. The van der Waals surface area contributed by atoms with E-state index < -0.39 is 11.7 Å². The molecule has 0 unspecified atom stereocenters. The number of nitrogens with zero attached hydrogens (tertiary/aromatic N) is 5. The van der Waals surface area contributed by atoms with Crippen molar-refractivity contribution in [2.24, 2.45) is 5.92 Å². The van der Waals surface area contributed by atoms with E-state index in [9.17, 15) is 22.8 Å². The number of carbonyl (C=O) groups is 2. The van der Waals surface area contributed by atoms with Crippen LogP contribution >= 0.6 is 0 Å². The monoisotopic (exact) mass is 477 g/mol. The first kappa shape index (κ1) is 25.5. The van der Waals surface area contributed by atoms with Crippen molar-refractivity contribution in [2.45, 2.75) is 32.9 Å². The van der Waals surface area contributed by atoms with Crippen molar-refractivity contribution < 1.29 is 22.8 Å². The van der Waals surface area contributed by atoms with Crippen LogP contribution in [0.1, 0.15) is 42.7 Å². The Morgan fingerprint density at radius 1 is 1.09 bits per heavy atom. The Balaban J connectivity index is 1.55. The van der Waals surface area contributed by atoms with Crippen molar-refractivity contribution in [1.82, 2.24) is 19.8 Å². The first-order valence-corrected chi connectivity index (χ1v) is 11.4. The smallest absolute Gasteiger partial charge is 0.368 e. The van der Waals surface area contributed by atoms with Crippen LogP contribution in [0.15, 0.2) is 42.9 Å². The highest BCUT2D eigenvalue weighted by molar-refractivity contribution is 5.92. The summed E-state index contributed by atoms with van der Waals surface area (Å²) in [4.78, 5) is 38.9. The zero-order valence-electron chi connectivity index (χ0n) is 19.5. The number of carbonyl (C=O) groups excluding carboxylic acids is 2. The highest BCUT2D eigenvalue weighted by atomic mass is 19.4. The number of halogens is 3. The van der Waals surface area contributed by atoms with Gasteiger partial charge in [-0.2, -0.15) is 13.2 Å². The molecule has 2 amide bonds. The molecule has 0 N–H and O–H groups in total. The number of alkyl halides is 3. The lowest BCUT2D eigenvalue weighted by atomic mass is 10.1. The molecular weight excluding hydrogens is 447 g/mol. The van der Waals surface area contributed by atoms with Crippen LogP contribution in [0.3, 0.4) is 0 Å². The van der Waals surface area contributed by atoms with Crippen LogP contribution in [-0.2, 0) is 11.0 Å². The SMILES string of the molecule is CC(C)CCN(CCC(=O)N1CCN(c2cccc(C(F)(F)F)c2)CC1)C(=O)c1cnccn1. The molecule has 0 spiro atoms. The molecule has 1 fully saturated rings. The van der Waals surface area contributed by atoms with Gasteiger partial charge in [0, 0.05) is 63.8 Å². The largest absolute Gasteiger partial charge is 0.416 e. The van der Waals surface area contributed by atoms with E-state index in [-0.39, 0.29) is 30.5 Å². The van der Waals surface area contributed by atoms with Gasteiger partial charge in [-0.25, -0.2) is 4.98 Å². The molecule has 10 heteroatoms. The van der Waals surface area contributed by atoms with Gasteiger partial charge >= 0.3 is 6.18 Å². The van der Waals surface area contributed by atoms with Crippen molar-refractivity contribution in [1.29, 1.82) is 0 Å². The van der Waals surface area contributed by atoms with E-state index in [0.29, 0.717) is 44.3 Å². The second-order valence-corrected chi connectivity index (χ2v) is 8.73. The Morgan fingerprint density at radius 3 is 2.44 bits per heavy atom. The zero-order valence-corrected chi connectivity index (χ0v) is 19.5. The van der Waals surface area contributed by atoms with Crippen LogP contribution in [0.4, 0.5) is 18.9 Å². The predicted molar refractivity (Wildman–Crippen MR) is 122 cm³/mol. The number of piperazine rings is 1. The topological polar surface area (TPSA) is 69.6 Å². The molecule has 2 heterocycles. The lowest BCUT2D eigenvalue weighted by molar-refractivity contribution is -0.137. The molecule has 2 aromatic rings. The Kier molecular flexibility index (Phi) is 8.46. The molecule has 0 saturated carbocycles. The summed E-state index contributed by atoms with van der Waals surface area (Å²) >= 11 is 0. The van der Waals surface area contributed by atoms with E-state index in [1.54, 1.807) is 15.9 Å². The van der Waals surface area contributed by atoms with Crippen LogP contribution in [-0.4, -0.2) is 70.9 Å². The maximum Gasteiger partial charge on any atom is 0.416 e. The molecule has 0 radical (unpaired) electrons. The minimum absolute atomic E-state index is 0.0785. The van der Waals surface area contributed by atoms with Crippen LogP contribution in [0.25, 0.3) is 0 Å². The molecule has 1 aromatic heterocycles. The molecular formula is C24H30F3N5O2. The first-order valence-electron chi connectivity index (χ1n) is 11.4. The van der Waals surface area contributed by atoms with Gasteiger partial charge < -0.3 is 14.7 Å². The second-order valence-electron chi connectivity index (χ2n) is 8.73. The van der Waals surface area contributed by atoms with Gasteiger partial charge in [0.25, 0.3) is 5.91 Å². The van der Waals surface area contributed by atoms with Crippen molar-refractivity contribution in [3.05, 3.63) is 54.1 Å². The molecule has 184 valence electrons. The molecule has 1 saturated heterocycles. The van der Waals surface area contributed by atoms with E-state index in [4.69, 9.17) is 0 Å². The Morgan fingerprint density at radius 2 is 1.82 bits per heavy atom. The molecule has 0 aliphatic carbocycles. The highest BCUT2D eigenvalue weighted by Crippen LogP contribution is 2.31. The van der Waals surface area contributed by atoms with Gasteiger partial charge in [0.05, 0.1) is 11.8 Å². The van der Waals surface area contributed by atoms with Gasteiger partial charge in [0.2, 0.25) is 5.91 Å². The van der Waals surface area contributed by atoms with Gasteiger partial charge in [0.1, 0.15) is 5.69 Å². The third kappa shape index (κ3) is 6.91. The summed E-state index contributed by atoms with van der Waals surface area (Å²) in [7, 11) is 0. The molecule has 1 aliphatic rings. The number of anilines is 1. The van der Waals surface area contributed by atoms with Crippen LogP contribution < -0.4 is 4.90 Å². The summed E-state index contributed by atoms with van der Waals surface area (Å²) < 4.78 is 39.0. The van der Waals surface area contributed by atoms with Crippen molar-refractivity contribution in [3.8, 4) is 0 Å². The van der Waals surface area contributed by atoms with Gasteiger partial charge in [-0.3, -0.25) is 14.6 Å². The van der Waals surface area contributed by atoms with Crippen LogP contribution in [0, 0.1) is 5.92 Å². The highest BCUT2D eigenvalue weighted by Gasteiger charge is 2.31. The standard InChI is InChI=1S/C24H30F3N5O2/c1-18(2)6-10-32(23(34)21-17-28-8-9-29-21)11-7-22(33)31-14-12-30(13-15-31)20-5-3-4-19(16-20)24(25,26)27/h3-5,8-9,16-18H,6-7,10-15H2,1-2H3. The maximum absolute atomic E-state index is 13.0. The molecule has 7 nitrogen and oxygen atoms in total. The van der Waals surface area contributed by atoms with E-state index in [1.807, 2.05) is 4.90 Å². The van der Waals surface area contributed by atoms with Gasteiger partial charge in [0.15, 0.2) is 0 Å². The van der Waals surface area contributed by atoms with Crippen LogP contribution in [0.2, 0.25) is 0 Å². The summed E-state index contributed by atoms with van der Waals surface area (Å²) in [6, 6.07) is 5.24. The van der Waals surface area contributed by atoms with E-state index in [1.165, 1.54) is 24.7 Å². The summed E-state index contributed by atoms with van der Waals surface area (Å²) in [5.74, 6) is 0.0675. The number of aromatic nitrogens is 2. The Hall–Kier alpha value is -3.17. The van der Waals surface area contributed by atoms with Crippen molar-refractivity contribution >= 4 is 17.5 Å². The molecule has 3 rings (SSSR count). The number of rotatable bonds is 8. The van der Waals surface area contributed by atoms with Crippen LogP contribution in [0.5, 0.6) is 0 Å². The average Bonchev–Trinajstić information content (AvgIpc) is 2.83. The third-order valence-corrected chi connectivity index (χ3v) is 5.81. The molecule has 0 bridgehead atoms. The number of benzene rings is 1. The van der Waals surface area contributed by atoms with Crippen molar-refractivity contribution in [2.75, 3.05) is 44.2 Å². The van der Waals surface area contributed by atoms with Gasteiger partial charge in [-0.05, 0) is 30.5 Å². The lowest BCUT2D eigenvalue weighted by Gasteiger charge is -2.36. The Bertz CT molecular complexity index is 961. The number of hydrogen-bond donors (Lipinski definition) is 0. The predicted octanol–water partition coefficient (Wildman–Crippen LogP) is 3.72. The summed E-state index contributed by atoms with van der Waals surface area (Å²) in [5, 5.41) is 0. The quantitative estimate of drug-likeness (QED) is 0.580. The summed E-state index contributed by atoms with van der Waals surface area (Å²) in [6.07, 6.45) is 0.960. The lowest BCUT2D eigenvalue weighted by Crippen LogP contribution is -2.49. The van der Waals surface area contributed by atoms with E-state index in [0.717, 1.165) is 18.6 Å². The fourth-order valence-electron chi connectivity index (χ4n) is 3.78. The number of amides is 2. The maximum atomic E-state index is 13.0. The average molecular weight is 478 g/mol. The fourth-order valence-corrected chi connectivity index (χ4v) is 3.78. The second kappa shape index (κ2) is 11.3. The minimum atomic E-state index is -4.39. The number of hydrogen-bond acceptors (Lipinski definition) is 5. The van der Waals surface area contributed by atoms with E-state index >= 15 is 0 Å². The summed E-state index contributed by atoms with van der Waals surface area (Å²) in [5.41, 5.74) is 0.0579. The third-order valence-electron chi connectivity index (χ3n) is 5.81. The molecule has 1 aliphatic heterocycles. The molecule has 1 aromatic carbocycles. The normalized spacial score (nSPS) is 14.4. The molecule has 34 heavy (non-hydrogen) atoms. The van der Waals surface area contributed by atoms with Gasteiger partial charge in [-0.1, -0.05) is 19.9 Å². The van der Waals surface area contributed by atoms with Crippen molar-refractivity contribution in [3.63, 3.8) is 0 Å². The fraction of sp³-hybridized carbons (Fsp3) is 0.500. The Labute approximate surface area is 197 Å². The minimum Gasteiger partial charge on any atom is -0.368 e. The zero-order chi connectivity index (χ0) is 24.7. The molecule has 0 atom stereocenters.